The zero-order valence-electron chi connectivity index (χ0n) is 11.1. The van der Waals surface area contributed by atoms with E-state index in [1.54, 1.807) is 12.4 Å². The normalized spacial score (nSPS) is 10.0. The summed E-state index contributed by atoms with van der Waals surface area (Å²) >= 11 is 0. The molecule has 0 fully saturated rings. The van der Waals surface area contributed by atoms with Crippen molar-refractivity contribution in [2.24, 2.45) is 0 Å². The Hall–Kier alpha value is -2.36. The second-order valence-corrected chi connectivity index (χ2v) is 4.43. The summed E-state index contributed by atoms with van der Waals surface area (Å²) in [6, 6.07) is 9.48. The number of hydrogen-bond donors (Lipinski definition) is 2. The van der Waals surface area contributed by atoms with E-state index in [1.807, 2.05) is 44.2 Å². The molecule has 4 nitrogen and oxygen atoms in total. The van der Waals surface area contributed by atoms with Gasteiger partial charge in [-0.05, 0) is 42.7 Å². The van der Waals surface area contributed by atoms with Crippen LogP contribution in [0.25, 0.3) is 0 Å². The minimum atomic E-state index is -0.200. The highest BCUT2D eigenvalue weighted by Gasteiger charge is 2.06. The first-order valence-electron chi connectivity index (χ1n) is 6.17. The predicted octanol–water partition coefficient (Wildman–Crippen LogP) is 3.02. The Labute approximate surface area is 112 Å². The van der Waals surface area contributed by atoms with Gasteiger partial charge in [0.2, 0.25) is 0 Å². The maximum absolute atomic E-state index is 11.9. The fourth-order valence-electron chi connectivity index (χ4n) is 1.85. The van der Waals surface area contributed by atoms with E-state index in [0.717, 1.165) is 22.4 Å². The molecule has 0 aliphatic rings. The van der Waals surface area contributed by atoms with Gasteiger partial charge in [0.05, 0.1) is 0 Å². The maximum atomic E-state index is 11.9. The Kier molecular flexibility index (Phi) is 4.13. The van der Waals surface area contributed by atoms with E-state index in [4.69, 9.17) is 0 Å². The lowest BCUT2D eigenvalue weighted by Gasteiger charge is -2.12. The molecule has 1 aromatic heterocycles. The Morgan fingerprint density at radius 3 is 2.37 bits per heavy atom. The lowest BCUT2D eigenvalue weighted by molar-refractivity contribution is 0.251. The van der Waals surface area contributed by atoms with Gasteiger partial charge in [-0.2, -0.15) is 0 Å². The summed E-state index contributed by atoms with van der Waals surface area (Å²) in [7, 11) is 0. The second-order valence-electron chi connectivity index (χ2n) is 4.43. The van der Waals surface area contributed by atoms with E-state index in [2.05, 4.69) is 15.6 Å². The number of nitrogens with zero attached hydrogens (tertiary/aromatic N) is 1. The van der Waals surface area contributed by atoms with Crippen molar-refractivity contribution in [3.05, 3.63) is 59.4 Å². The van der Waals surface area contributed by atoms with Crippen molar-refractivity contribution in [1.82, 2.24) is 10.3 Å². The molecule has 0 saturated heterocycles. The van der Waals surface area contributed by atoms with Crippen molar-refractivity contribution < 1.29 is 4.79 Å². The van der Waals surface area contributed by atoms with E-state index in [0.29, 0.717) is 6.54 Å². The highest BCUT2D eigenvalue weighted by molar-refractivity contribution is 5.90. The number of hydrogen-bond acceptors (Lipinski definition) is 2. The molecule has 0 aliphatic heterocycles. The first-order valence-corrected chi connectivity index (χ1v) is 6.17. The van der Waals surface area contributed by atoms with E-state index in [-0.39, 0.29) is 6.03 Å². The summed E-state index contributed by atoms with van der Waals surface area (Å²) in [6.45, 7) is 4.44. The second kappa shape index (κ2) is 6.00. The zero-order valence-corrected chi connectivity index (χ0v) is 11.1. The Balaban J connectivity index is 1.95. The molecule has 2 aromatic rings. The molecule has 0 spiro atoms. The molecule has 98 valence electrons. The van der Waals surface area contributed by atoms with E-state index >= 15 is 0 Å². The number of aromatic nitrogens is 1. The van der Waals surface area contributed by atoms with Gasteiger partial charge in [-0.15, -0.1) is 0 Å². The molecule has 0 aliphatic carbocycles. The molecule has 2 amide bonds. The third-order valence-electron chi connectivity index (χ3n) is 2.92. The monoisotopic (exact) mass is 255 g/mol. The van der Waals surface area contributed by atoms with Crippen molar-refractivity contribution in [2.75, 3.05) is 5.32 Å². The number of amides is 2. The average Bonchev–Trinajstić information content (AvgIpc) is 2.42. The maximum Gasteiger partial charge on any atom is 0.319 e. The number of carbonyl (C=O) groups excluding carboxylic acids is 1. The van der Waals surface area contributed by atoms with Gasteiger partial charge in [-0.3, -0.25) is 4.98 Å². The summed E-state index contributed by atoms with van der Waals surface area (Å²) < 4.78 is 0. The number of anilines is 1. The molecule has 0 unspecified atom stereocenters. The highest BCUT2D eigenvalue weighted by Crippen LogP contribution is 2.19. The SMILES string of the molecule is Cc1cccc(C)c1NC(=O)NCc1ccncc1. The smallest absolute Gasteiger partial charge is 0.319 e. The van der Waals surface area contributed by atoms with Crippen LogP contribution in [0, 0.1) is 13.8 Å². The summed E-state index contributed by atoms with van der Waals surface area (Å²) in [5, 5.41) is 5.71. The third-order valence-corrected chi connectivity index (χ3v) is 2.92. The van der Waals surface area contributed by atoms with Gasteiger partial charge in [0.15, 0.2) is 0 Å². The summed E-state index contributed by atoms with van der Waals surface area (Å²) in [4.78, 5) is 15.8. The van der Waals surface area contributed by atoms with Crippen molar-refractivity contribution in [2.45, 2.75) is 20.4 Å². The number of para-hydroxylation sites is 1. The van der Waals surface area contributed by atoms with Crippen molar-refractivity contribution in [3.8, 4) is 0 Å². The van der Waals surface area contributed by atoms with Crippen LogP contribution in [-0.4, -0.2) is 11.0 Å². The van der Waals surface area contributed by atoms with Crippen LogP contribution in [-0.2, 0) is 6.54 Å². The van der Waals surface area contributed by atoms with Gasteiger partial charge in [0.1, 0.15) is 0 Å². The van der Waals surface area contributed by atoms with Crippen LogP contribution >= 0.6 is 0 Å². The molecule has 0 atom stereocenters. The van der Waals surface area contributed by atoms with Crippen LogP contribution in [0.15, 0.2) is 42.7 Å². The third kappa shape index (κ3) is 3.55. The molecule has 1 aromatic carbocycles. The van der Waals surface area contributed by atoms with Crippen LogP contribution in [0.2, 0.25) is 0 Å². The van der Waals surface area contributed by atoms with Crippen molar-refractivity contribution in [3.63, 3.8) is 0 Å². The van der Waals surface area contributed by atoms with Crippen LogP contribution < -0.4 is 10.6 Å². The number of carbonyl (C=O) groups is 1. The molecule has 19 heavy (non-hydrogen) atoms. The summed E-state index contributed by atoms with van der Waals surface area (Å²) in [5.41, 5.74) is 4.00. The van der Waals surface area contributed by atoms with E-state index in [1.165, 1.54) is 0 Å². The van der Waals surface area contributed by atoms with Gasteiger partial charge in [0.25, 0.3) is 0 Å². The standard InChI is InChI=1S/C15H17N3O/c1-11-4-3-5-12(2)14(11)18-15(19)17-10-13-6-8-16-9-7-13/h3-9H,10H2,1-2H3,(H2,17,18,19). The summed E-state index contributed by atoms with van der Waals surface area (Å²) in [5.74, 6) is 0. The Morgan fingerprint density at radius 1 is 1.11 bits per heavy atom. The van der Waals surface area contributed by atoms with Crippen LogP contribution in [0.4, 0.5) is 10.5 Å². The number of benzene rings is 1. The minimum Gasteiger partial charge on any atom is -0.334 e. The predicted molar refractivity (Wildman–Crippen MR) is 76.0 cm³/mol. The molecular formula is C15H17N3O. The molecule has 4 heteroatoms. The molecular weight excluding hydrogens is 238 g/mol. The van der Waals surface area contributed by atoms with Crippen LogP contribution in [0.5, 0.6) is 0 Å². The van der Waals surface area contributed by atoms with Gasteiger partial charge in [-0.1, -0.05) is 18.2 Å². The first kappa shape index (κ1) is 13.1. The Bertz CT molecular complexity index is 547. The van der Waals surface area contributed by atoms with Crippen LogP contribution in [0.3, 0.4) is 0 Å². The first-order chi connectivity index (χ1) is 9.16. The van der Waals surface area contributed by atoms with Gasteiger partial charge in [-0.25, -0.2) is 4.79 Å². The number of urea groups is 1. The van der Waals surface area contributed by atoms with Crippen molar-refractivity contribution in [1.29, 1.82) is 0 Å². The summed E-state index contributed by atoms with van der Waals surface area (Å²) in [6.07, 6.45) is 3.42. The van der Waals surface area contributed by atoms with Crippen molar-refractivity contribution >= 4 is 11.7 Å². The molecule has 0 radical (unpaired) electrons. The van der Waals surface area contributed by atoms with E-state index in [9.17, 15) is 4.79 Å². The topological polar surface area (TPSA) is 54.0 Å². The zero-order chi connectivity index (χ0) is 13.7. The molecule has 0 bridgehead atoms. The largest absolute Gasteiger partial charge is 0.334 e. The minimum absolute atomic E-state index is 0.200. The molecule has 1 heterocycles. The lowest BCUT2D eigenvalue weighted by atomic mass is 10.1. The molecule has 2 rings (SSSR count). The number of nitrogens with one attached hydrogen (secondary N) is 2. The quantitative estimate of drug-likeness (QED) is 0.885. The van der Waals surface area contributed by atoms with Gasteiger partial charge >= 0.3 is 6.03 Å². The fourth-order valence-corrected chi connectivity index (χ4v) is 1.85. The van der Waals surface area contributed by atoms with Gasteiger partial charge < -0.3 is 10.6 Å². The number of pyridine rings is 1. The highest BCUT2D eigenvalue weighted by atomic mass is 16.2. The number of aryl methyl sites for hydroxylation is 2. The molecule has 0 saturated carbocycles. The average molecular weight is 255 g/mol. The van der Waals surface area contributed by atoms with E-state index < -0.39 is 0 Å². The Morgan fingerprint density at radius 2 is 1.74 bits per heavy atom. The van der Waals surface area contributed by atoms with Gasteiger partial charge in [0, 0.05) is 24.6 Å². The van der Waals surface area contributed by atoms with Crippen LogP contribution in [0.1, 0.15) is 16.7 Å². The fraction of sp³-hybridized carbons (Fsp3) is 0.200. The lowest BCUT2D eigenvalue weighted by Crippen LogP contribution is -2.28. The molecule has 2 N–H and O–H groups in total. The number of rotatable bonds is 3.